The first kappa shape index (κ1) is 15.0. The van der Waals surface area contributed by atoms with Crippen LogP contribution in [0.15, 0.2) is 30.3 Å². The lowest BCUT2D eigenvalue weighted by molar-refractivity contribution is 0.296. The third-order valence-corrected chi connectivity index (χ3v) is 6.73. The van der Waals surface area contributed by atoms with Gasteiger partial charge in [-0.2, -0.15) is 0 Å². The van der Waals surface area contributed by atoms with Crippen molar-refractivity contribution in [3.8, 4) is 0 Å². The molecule has 0 radical (unpaired) electrons. The first-order valence-corrected chi connectivity index (χ1v) is 9.98. The van der Waals surface area contributed by atoms with Crippen LogP contribution in [0.2, 0.25) is 0 Å². The molecular formula is C17H25NO2S. The zero-order chi connectivity index (χ0) is 14.7. The Balaban J connectivity index is 1.70. The second-order valence-corrected chi connectivity index (χ2v) is 8.76. The normalized spacial score (nSPS) is 32.7. The maximum atomic E-state index is 11.8. The van der Waals surface area contributed by atoms with Crippen LogP contribution in [0, 0.1) is 0 Å². The molecule has 0 amide bonds. The first-order valence-electron chi connectivity index (χ1n) is 8.15. The van der Waals surface area contributed by atoms with E-state index in [4.69, 9.17) is 0 Å². The molecule has 1 aliphatic heterocycles. The third-order valence-electron chi connectivity index (χ3n) is 4.91. The Labute approximate surface area is 128 Å². The summed E-state index contributed by atoms with van der Waals surface area (Å²) < 4.78 is 23.6. The van der Waals surface area contributed by atoms with Crippen molar-refractivity contribution in [3.63, 3.8) is 0 Å². The minimum absolute atomic E-state index is 0.151. The van der Waals surface area contributed by atoms with Crippen LogP contribution in [-0.4, -0.2) is 32.0 Å². The van der Waals surface area contributed by atoms with Gasteiger partial charge in [0.1, 0.15) is 0 Å². The number of nitrogens with one attached hydrogen (secondary N) is 1. The molecule has 1 saturated heterocycles. The Morgan fingerprint density at radius 3 is 2.48 bits per heavy atom. The molecule has 116 valence electrons. The third kappa shape index (κ3) is 3.86. The number of hydrogen-bond donors (Lipinski definition) is 1. The summed E-state index contributed by atoms with van der Waals surface area (Å²) in [6.07, 6.45) is 6.71. The molecule has 0 aromatic heterocycles. The van der Waals surface area contributed by atoms with Crippen LogP contribution in [0.25, 0.3) is 0 Å². The summed E-state index contributed by atoms with van der Waals surface area (Å²) in [5.41, 5.74) is 1.40. The van der Waals surface area contributed by atoms with Gasteiger partial charge in [0.05, 0.1) is 11.5 Å². The summed E-state index contributed by atoms with van der Waals surface area (Å²) in [5, 5.41) is 3.68. The van der Waals surface area contributed by atoms with E-state index in [1.807, 2.05) is 0 Å². The number of rotatable bonds is 3. The summed E-state index contributed by atoms with van der Waals surface area (Å²) in [7, 11) is -2.83. The highest BCUT2D eigenvalue weighted by Gasteiger charge is 2.31. The molecule has 1 aromatic carbocycles. The maximum Gasteiger partial charge on any atom is 0.151 e. The molecule has 2 aliphatic rings. The summed E-state index contributed by atoms with van der Waals surface area (Å²) in [6.45, 7) is 0. The Morgan fingerprint density at radius 1 is 0.952 bits per heavy atom. The van der Waals surface area contributed by atoms with Gasteiger partial charge < -0.3 is 5.32 Å². The standard InChI is InChI=1S/C17H25NO2S/c19-21(20)12-6-9-15(13-21)18-17-11-5-4-10-16(17)14-7-2-1-3-8-14/h1-3,7-8,15-18H,4-6,9-13H2. The van der Waals surface area contributed by atoms with E-state index in [-0.39, 0.29) is 6.04 Å². The molecule has 21 heavy (non-hydrogen) atoms. The predicted octanol–water partition coefficient (Wildman–Crippen LogP) is 2.88. The maximum absolute atomic E-state index is 11.8. The van der Waals surface area contributed by atoms with Crippen molar-refractivity contribution in [2.75, 3.05) is 11.5 Å². The van der Waals surface area contributed by atoms with Gasteiger partial charge >= 0.3 is 0 Å². The molecule has 1 N–H and O–H groups in total. The van der Waals surface area contributed by atoms with Crippen LogP contribution >= 0.6 is 0 Å². The van der Waals surface area contributed by atoms with Crippen molar-refractivity contribution in [2.24, 2.45) is 0 Å². The SMILES string of the molecule is O=S1(=O)CCCC(NC2CCCCC2c2ccccc2)C1. The van der Waals surface area contributed by atoms with Crippen molar-refractivity contribution in [1.29, 1.82) is 0 Å². The minimum Gasteiger partial charge on any atom is -0.310 e. The summed E-state index contributed by atoms with van der Waals surface area (Å²) in [5.74, 6) is 1.23. The fourth-order valence-electron chi connectivity index (χ4n) is 3.89. The highest BCUT2D eigenvalue weighted by Crippen LogP contribution is 2.33. The lowest BCUT2D eigenvalue weighted by atomic mass is 9.79. The number of hydrogen-bond acceptors (Lipinski definition) is 3. The first-order chi connectivity index (χ1) is 10.1. The van der Waals surface area contributed by atoms with Gasteiger partial charge in [0.2, 0.25) is 0 Å². The predicted molar refractivity (Wildman–Crippen MR) is 86.3 cm³/mol. The van der Waals surface area contributed by atoms with E-state index in [2.05, 4.69) is 35.6 Å². The number of benzene rings is 1. The molecule has 3 rings (SSSR count). The monoisotopic (exact) mass is 307 g/mol. The zero-order valence-corrected chi connectivity index (χ0v) is 13.3. The fraction of sp³-hybridized carbons (Fsp3) is 0.647. The van der Waals surface area contributed by atoms with Gasteiger partial charge in [-0.3, -0.25) is 0 Å². The summed E-state index contributed by atoms with van der Waals surface area (Å²) in [4.78, 5) is 0. The topological polar surface area (TPSA) is 46.2 Å². The smallest absolute Gasteiger partial charge is 0.151 e. The summed E-state index contributed by atoms with van der Waals surface area (Å²) >= 11 is 0. The summed E-state index contributed by atoms with van der Waals surface area (Å²) in [6, 6.07) is 11.3. The van der Waals surface area contributed by atoms with Crippen molar-refractivity contribution >= 4 is 9.84 Å². The average Bonchev–Trinajstić information content (AvgIpc) is 2.48. The van der Waals surface area contributed by atoms with Crippen molar-refractivity contribution in [3.05, 3.63) is 35.9 Å². The largest absolute Gasteiger partial charge is 0.310 e. The molecule has 0 bridgehead atoms. The molecule has 1 heterocycles. The van der Waals surface area contributed by atoms with E-state index < -0.39 is 9.84 Å². The van der Waals surface area contributed by atoms with E-state index in [0.29, 0.717) is 23.5 Å². The van der Waals surface area contributed by atoms with Gasteiger partial charge in [-0.25, -0.2) is 8.42 Å². The fourth-order valence-corrected chi connectivity index (χ4v) is 5.54. The van der Waals surface area contributed by atoms with Crippen molar-refractivity contribution in [1.82, 2.24) is 5.32 Å². The highest BCUT2D eigenvalue weighted by molar-refractivity contribution is 7.91. The van der Waals surface area contributed by atoms with E-state index >= 15 is 0 Å². The van der Waals surface area contributed by atoms with Crippen LogP contribution < -0.4 is 5.32 Å². The van der Waals surface area contributed by atoms with E-state index in [0.717, 1.165) is 19.3 Å². The highest BCUT2D eigenvalue weighted by atomic mass is 32.2. The molecule has 3 atom stereocenters. The molecule has 1 aromatic rings. The second-order valence-electron chi connectivity index (χ2n) is 6.53. The van der Waals surface area contributed by atoms with E-state index in [1.54, 1.807) is 0 Å². The molecule has 1 saturated carbocycles. The van der Waals surface area contributed by atoms with Crippen LogP contribution in [-0.2, 0) is 9.84 Å². The van der Waals surface area contributed by atoms with Crippen molar-refractivity contribution < 1.29 is 8.42 Å². The zero-order valence-electron chi connectivity index (χ0n) is 12.5. The van der Waals surface area contributed by atoms with Gasteiger partial charge in [0.15, 0.2) is 9.84 Å². The Hall–Kier alpha value is -0.870. The second kappa shape index (κ2) is 6.49. The van der Waals surface area contributed by atoms with Gasteiger partial charge in [-0.05, 0) is 37.2 Å². The quantitative estimate of drug-likeness (QED) is 0.934. The molecule has 3 nitrogen and oxygen atoms in total. The Morgan fingerprint density at radius 2 is 1.71 bits per heavy atom. The van der Waals surface area contributed by atoms with Gasteiger partial charge in [-0.1, -0.05) is 43.2 Å². The average molecular weight is 307 g/mol. The molecule has 4 heteroatoms. The van der Waals surface area contributed by atoms with Crippen LogP contribution in [0.4, 0.5) is 0 Å². The minimum atomic E-state index is -2.83. The van der Waals surface area contributed by atoms with E-state index in [9.17, 15) is 8.42 Å². The molecule has 3 unspecified atom stereocenters. The molecule has 2 fully saturated rings. The van der Waals surface area contributed by atoms with E-state index in [1.165, 1.54) is 24.8 Å². The molecular weight excluding hydrogens is 282 g/mol. The van der Waals surface area contributed by atoms with Crippen LogP contribution in [0.1, 0.15) is 50.0 Å². The van der Waals surface area contributed by atoms with Gasteiger partial charge in [0.25, 0.3) is 0 Å². The molecule has 0 spiro atoms. The van der Waals surface area contributed by atoms with Gasteiger partial charge in [0, 0.05) is 12.1 Å². The lowest BCUT2D eigenvalue weighted by Crippen LogP contribution is -2.48. The number of sulfone groups is 1. The molecule has 1 aliphatic carbocycles. The van der Waals surface area contributed by atoms with Crippen LogP contribution in [0.3, 0.4) is 0 Å². The Kier molecular flexibility index (Phi) is 4.65. The Bertz CT molecular complexity index is 555. The lowest BCUT2D eigenvalue weighted by Gasteiger charge is -2.36. The van der Waals surface area contributed by atoms with Gasteiger partial charge in [-0.15, -0.1) is 0 Å². The van der Waals surface area contributed by atoms with Crippen molar-refractivity contribution in [2.45, 2.75) is 56.5 Å². The van der Waals surface area contributed by atoms with Crippen LogP contribution in [0.5, 0.6) is 0 Å².